The second kappa shape index (κ2) is 9.37. The van der Waals surface area contributed by atoms with Gasteiger partial charge < -0.3 is 24.8 Å². The highest BCUT2D eigenvalue weighted by Gasteiger charge is 2.26. The lowest BCUT2D eigenvalue weighted by atomic mass is 10.2. The first-order valence-corrected chi connectivity index (χ1v) is 11.1. The number of nitrogens with zero attached hydrogens (tertiary/aromatic N) is 5. The van der Waals surface area contributed by atoms with Gasteiger partial charge in [0.1, 0.15) is 28.5 Å². The van der Waals surface area contributed by atoms with Gasteiger partial charge in [0.15, 0.2) is 5.65 Å². The minimum Gasteiger partial charge on any atom is -0.480 e. The van der Waals surface area contributed by atoms with Crippen LogP contribution >= 0.6 is 0 Å². The number of carbonyl (C=O) groups is 2. The maximum absolute atomic E-state index is 13.0. The van der Waals surface area contributed by atoms with E-state index in [1.54, 1.807) is 40.1 Å². The Hall–Kier alpha value is -3.93. The fourth-order valence-electron chi connectivity index (χ4n) is 3.50. The van der Waals surface area contributed by atoms with Gasteiger partial charge in [-0.2, -0.15) is 9.61 Å². The van der Waals surface area contributed by atoms with Crippen LogP contribution in [0.25, 0.3) is 5.65 Å². The average molecular weight is 484 g/mol. The van der Waals surface area contributed by atoms with Crippen molar-refractivity contribution in [1.29, 1.82) is 0 Å². The summed E-state index contributed by atoms with van der Waals surface area (Å²) in [4.78, 5) is 36.2. The molecule has 12 heteroatoms. The van der Waals surface area contributed by atoms with Crippen LogP contribution in [0.4, 0.5) is 22.1 Å². The first-order valence-electron chi connectivity index (χ1n) is 11.1. The van der Waals surface area contributed by atoms with Crippen molar-refractivity contribution < 1.29 is 23.8 Å². The number of hydrogen-bond donors (Lipinski definition) is 2. The van der Waals surface area contributed by atoms with Crippen LogP contribution in [0.5, 0.6) is 5.88 Å². The Balaban J connectivity index is 1.87. The third-order valence-electron chi connectivity index (χ3n) is 5.09. The molecule has 186 valence electrons. The zero-order chi connectivity index (χ0) is 25.3. The predicted molar refractivity (Wildman–Crippen MR) is 128 cm³/mol. The standard InChI is InChI=1S/C23H29N7O5/c1-13-11-34-12-14-7-16(21(33-6)24-9-14)27-17-8-18(29(5)22(32)35-23(2,3)4)30-19(28-17)15(10-25-30)20(31)26-13/h7-10,13H,11-12H2,1-6H3,(H,26,31)(H,27,28)/t13-/m1/s1. The molecule has 0 saturated heterocycles. The highest BCUT2D eigenvalue weighted by molar-refractivity contribution is 6.00. The molecule has 4 bridgehead atoms. The van der Waals surface area contributed by atoms with E-state index >= 15 is 0 Å². The molecule has 1 aliphatic heterocycles. The lowest BCUT2D eigenvalue weighted by molar-refractivity contribution is 0.0587. The molecule has 4 rings (SSSR count). The van der Waals surface area contributed by atoms with Crippen molar-refractivity contribution in [3.05, 3.63) is 35.7 Å². The number of methoxy groups -OCH3 is 1. The summed E-state index contributed by atoms with van der Waals surface area (Å²) in [5, 5.41) is 10.4. The van der Waals surface area contributed by atoms with Crippen molar-refractivity contribution in [2.24, 2.45) is 0 Å². The normalized spacial score (nSPS) is 16.3. The fourth-order valence-corrected chi connectivity index (χ4v) is 3.50. The van der Waals surface area contributed by atoms with Gasteiger partial charge in [0.25, 0.3) is 5.91 Å². The van der Waals surface area contributed by atoms with Gasteiger partial charge in [-0.05, 0) is 39.3 Å². The van der Waals surface area contributed by atoms with Gasteiger partial charge in [0, 0.05) is 25.4 Å². The molecule has 1 aliphatic rings. The molecular formula is C23H29N7O5. The number of rotatable bonds is 2. The van der Waals surface area contributed by atoms with Crippen LogP contribution in [-0.2, 0) is 16.1 Å². The van der Waals surface area contributed by atoms with Crippen LogP contribution in [-0.4, -0.2) is 64.0 Å². The number of anilines is 3. The Labute approximate surface area is 202 Å². The van der Waals surface area contributed by atoms with Crippen molar-refractivity contribution in [3.63, 3.8) is 0 Å². The molecule has 4 heterocycles. The van der Waals surface area contributed by atoms with Crippen molar-refractivity contribution in [2.45, 2.75) is 45.9 Å². The first-order chi connectivity index (χ1) is 16.6. The number of aromatic nitrogens is 4. The number of nitrogens with one attached hydrogen (secondary N) is 2. The van der Waals surface area contributed by atoms with E-state index in [9.17, 15) is 9.59 Å². The topological polar surface area (TPSA) is 132 Å². The quantitative estimate of drug-likeness (QED) is 0.564. The van der Waals surface area contributed by atoms with E-state index in [2.05, 4.69) is 25.7 Å². The van der Waals surface area contributed by atoms with Crippen molar-refractivity contribution in [3.8, 4) is 5.88 Å². The highest BCUT2D eigenvalue weighted by atomic mass is 16.6. The molecule has 0 unspecified atom stereocenters. The lowest BCUT2D eigenvalue weighted by Gasteiger charge is -2.25. The summed E-state index contributed by atoms with van der Waals surface area (Å²) in [5.74, 6) is 0.684. The molecule has 0 spiro atoms. The molecule has 2 amide bonds. The van der Waals surface area contributed by atoms with E-state index < -0.39 is 11.7 Å². The van der Waals surface area contributed by atoms with Crippen molar-refractivity contribution >= 4 is 35.0 Å². The van der Waals surface area contributed by atoms with Crippen molar-refractivity contribution in [1.82, 2.24) is 24.9 Å². The first kappa shape index (κ1) is 24.2. The molecule has 0 aromatic carbocycles. The largest absolute Gasteiger partial charge is 0.480 e. The number of amides is 2. The minimum absolute atomic E-state index is 0.246. The van der Waals surface area contributed by atoms with E-state index in [0.717, 1.165) is 5.56 Å². The molecule has 35 heavy (non-hydrogen) atoms. The Morgan fingerprint density at radius 1 is 1.29 bits per heavy atom. The zero-order valence-corrected chi connectivity index (χ0v) is 20.6. The van der Waals surface area contributed by atoms with Crippen LogP contribution in [0.15, 0.2) is 24.5 Å². The molecule has 1 atom stereocenters. The monoisotopic (exact) mass is 483 g/mol. The van der Waals surface area contributed by atoms with Gasteiger partial charge in [-0.1, -0.05) is 0 Å². The fraction of sp³-hybridized carbons (Fsp3) is 0.435. The number of hydrogen-bond acceptors (Lipinski definition) is 9. The number of pyridine rings is 1. The summed E-state index contributed by atoms with van der Waals surface area (Å²) in [6.45, 7) is 7.78. The van der Waals surface area contributed by atoms with Gasteiger partial charge in [0.05, 0.1) is 26.5 Å². The van der Waals surface area contributed by atoms with Crippen molar-refractivity contribution in [2.75, 3.05) is 31.0 Å². The molecule has 2 N–H and O–H groups in total. The second-order valence-electron chi connectivity index (χ2n) is 9.25. The zero-order valence-electron chi connectivity index (χ0n) is 20.6. The van der Waals surface area contributed by atoms with Gasteiger partial charge in [-0.3, -0.25) is 9.69 Å². The van der Waals surface area contributed by atoms with Gasteiger partial charge in [-0.15, -0.1) is 0 Å². The average Bonchev–Trinajstić information content (AvgIpc) is 3.20. The molecule has 3 aromatic heterocycles. The molecule has 0 radical (unpaired) electrons. The maximum Gasteiger partial charge on any atom is 0.415 e. The van der Waals surface area contributed by atoms with Gasteiger partial charge in [0.2, 0.25) is 5.88 Å². The Kier molecular flexibility index (Phi) is 6.48. The molecule has 0 saturated carbocycles. The molecule has 3 aromatic rings. The third-order valence-corrected chi connectivity index (χ3v) is 5.09. The smallest absolute Gasteiger partial charge is 0.415 e. The number of fused-ring (bicyclic) bond motifs is 3. The summed E-state index contributed by atoms with van der Waals surface area (Å²) in [5.41, 5.74) is 1.16. The maximum atomic E-state index is 13.0. The molecule has 0 fully saturated rings. The van der Waals surface area contributed by atoms with E-state index in [0.29, 0.717) is 36.4 Å². The summed E-state index contributed by atoms with van der Waals surface area (Å²) in [7, 11) is 3.08. The van der Waals surface area contributed by atoms with Crippen LogP contribution in [0, 0.1) is 0 Å². The summed E-state index contributed by atoms with van der Waals surface area (Å²) >= 11 is 0. The molecule has 12 nitrogen and oxygen atoms in total. The SMILES string of the molecule is COc1ncc2cc1Nc1cc(N(C)C(=O)OC(C)(C)C)n3ncc(c3n1)C(=O)N[C@H](C)COC2. The molecular weight excluding hydrogens is 454 g/mol. The summed E-state index contributed by atoms with van der Waals surface area (Å²) in [6, 6.07) is 3.21. The predicted octanol–water partition coefficient (Wildman–Crippen LogP) is 2.90. The van der Waals surface area contributed by atoms with Crippen LogP contribution in [0.2, 0.25) is 0 Å². The van der Waals surface area contributed by atoms with E-state index in [1.807, 2.05) is 13.0 Å². The Morgan fingerprint density at radius 2 is 2.06 bits per heavy atom. The Morgan fingerprint density at radius 3 is 2.77 bits per heavy atom. The van der Waals surface area contributed by atoms with Crippen LogP contribution in [0.3, 0.4) is 0 Å². The van der Waals surface area contributed by atoms with E-state index in [1.165, 1.54) is 22.7 Å². The summed E-state index contributed by atoms with van der Waals surface area (Å²) in [6.07, 6.45) is 2.49. The van der Waals surface area contributed by atoms with Gasteiger partial charge in [-0.25, -0.2) is 14.8 Å². The van der Waals surface area contributed by atoms with E-state index in [4.69, 9.17) is 14.2 Å². The Bertz CT molecular complexity index is 1270. The lowest BCUT2D eigenvalue weighted by Crippen LogP contribution is -2.36. The van der Waals surface area contributed by atoms with Gasteiger partial charge >= 0.3 is 6.09 Å². The van der Waals surface area contributed by atoms with Crippen LogP contribution in [0.1, 0.15) is 43.6 Å². The third kappa shape index (κ3) is 5.27. The molecule has 0 aliphatic carbocycles. The summed E-state index contributed by atoms with van der Waals surface area (Å²) < 4.78 is 18.1. The number of carbonyl (C=O) groups excluding carboxylic acids is 2. The highest BCUT2D eigenvalue weighted by Crippen LogP contribution is 2.29. The second-order valence-corrected chi connectivity index (χ2v) is 9.25. The minimum atomic E-state index is -0.695. The van der Waals surface area contributed by atoms with E-state index in [-0.39, 0.29) is 23.2 Å². The number of ether oxygens (including phenoxy) is 3. The van der Waals surface area contributed by atoms with Crippen LogP contribution < -0.4 is 20.3 Å².